The lowest BCUT2D eigenvalue weighted by atomic mass is 10.1. The fourth-order valence-electron chi connectivity index (χ4n) is 1.63. The molecule has 0 aliphatic heterocycles. The molecule has 0 bridgehead atoms. The van der Waals surface area contributed by atoms with Crippen LogP contribution in [0.25, 0.3) is 0 Å². The Morgan fingerprint density at radius 1 is 1.30 bits per heavy atom. The summed E-state index contributed by atoms with van der Waals surface area (Å²) in [4.78, 5) is 10.9. The lowest BCUT2D eigenvalue weighted by Gasteiger charge is -2.09. The first-order chi connectivity index (χ1) is 9.47. The molecule has 2 rings (SSSR count). The molecule has 0 saturated heterocycles. The van der Waals surface area contributed by atoms with Crippen molar-refractivity contribution >= 4 is 23.3 Å². The summed E-state index contributed by atoms with van der Waals surface area (Å²) in [6, 6.07) is 8.36. The van der Waals surface area contributed by atoms with Crippen molar-refractivity contribution in [2.75, 3.05) is 5.73 Å². The van der Waals surface area contributed by atoms with Gasteiger partial charge in [-0.1, -0.05) is 11.6 Å². The minimum absolute atomic E-state index is 0.0601. The van der Waals surface area contributed by atoms with E-state index in [1.807, 2.05) is 0 Å². The van der Waals surface area contributed by atoms with Crippen molar-refractivity contribution in [1.29, 1.82) is 0 Å². The molecule has 0 fully saturated rings. The molecule has 0 heterocycles. The Hall–Kier alpha value is -2.27. The van der Waals surface area contributed by atoms with Gasteiger partial charge in [0.1, 0.15) is 18.2 Å². The maximum atomic E-state index is 13.5. The number of benzene rings is 2. The number of hydrogen-bond donors (Lipinski definition) is 2. The van der Waals surface area contributed by atoms with Gasteiger partial charge in [-0.25, -0.2) is 9.18 Å². The van der Waals surface area contributed by atoms with Crippen LogP contribution in [0, 0.1) is 5.82 Å². The first-order valence-corrected chi connectivity index (χ1v) is 6.04. The predicted octanol–water partition coefficient (Wildman–Crippen LogP) is 3.34. The number of ether oxygens (including phenoxy) is 1. The van der Waals surface area contributed by atoms with E-state index in [4.69, 9.17) is 27.2 Å². The van der Waals surface area contributed by atoms with E-state index in [1.54, 1.807) is 0 Å². The molecule has 0 unspecified atom stereocenters. The van der Waals surface area contributed by atoms with Crippen LogP contribution in [0.15, 0.2) is 36.4 Å². The van der Waals surface area contributed by atoms with E-state index in [2.05, 4.69) is 0 Å². The number of halogens is 2. The van der Waals surface area contributed by atoms with Gasteiger partial charge in [0.15, 0.2) is 0 Å². The highest BCUT2D eigenvalue weighted by Crippen LogP contribution is 2.22. The summed E-state index contributed by atoms with van der Waals surface area (Å²) >= 11 is 5.77. The monoisotopic (exact) mass is 295 g/mol. The molecule has 0 aliphatic rings. The fraction of sp³-hybridized carbons (Fsp3) is 0.0714. The standard InChI is InChI=1S/C14H11ClFNO3/c15-9-1-3-12(16)8(5-9)7-20-10-2-4-13(17)11(6-10)14(18)19/h1-6H,7,17H2,(H,18,19). The Balaban J connectivity index is 2.17. The van der Waals surface area contributed by atoms with E-state index < -0.39 is 11.8 Å². The lowest BCUT2D eigenvalue weighted by molar-refractivity contribution is 0.0697. The van der Waals surface area contributed by atoms with Gasteiger partial charge in [0.2, 0.25) is 0 Å². The molecule has 0 spiro atoms. The molecule has 0 amide bonds. The predicted molar refractivity (Wildman–Crippen MR) is 73.6 cm³/mol. The van der Waals surface area contributed by atoms with Crippen LogP contribution >= 0.6 is 11.6 Å². The van der Waals surface area contributed by atoms with Gasteiger partial charge in [-0.2, -0.15) is 0 Å². The van der Waals surface area contributed by atoms with Crippen LogP contribution in [0.5, 0.6) is 5.75 Å². The van der Waals surface area contributed by atoms with Crippen molar-refractivity contribution in [3.63, 3.8) is 0 Å². The number of aromatic carboxylic acids is 1. The summed E-state index contributed by atoms with van der Waals surface area (Å²) in [6.45, 7) is -0.0601. The van der Waals surface area contributed by atoms with Crippen LogP contribution in [-0.4, -0.2) is 11.1 Å². The van der Waals surface area contributed by atoms with Crippen molar-refractivity contribution in [2.24, 2.45) is 0 Å². The lowest BCUT2D eigenvalue weighted by Crippen LogP contribution is -2.04. The molecule has 20 heavy (non-hydrogen) atoms. The topological polar surface area (TPSA) is 72.5 Å². The average molecular weight is 296 g/mol. The Morgan fingerprint density at radius 2 is 2.05 bits per heavy atom. The Bertz CT molecular complexity index is 661. The summed E-state index contributed by atoms with van der Waals surface area (Å²) in [7, 11) is 0. The normalized spacial score (nSPS) is 10.3. The van der Waals surface area contributed by atoms with Gasteiger partial charge in [-0.05, 0) is 36.4 Å². The molecule has 0 radical (unpaired) electrons. The average Bonchev–Trinajstić information content (AvgIpc) is 2.41. The maximum absolute atomic E-state index is 13.5. The van der Waals surface area contributed by atoms with Gasteiger partial charge in [-0.3, -0.25) is 0 Å². The van der Waals surface area contributed by atoms with E-state index in [1.165, 1.54) is 36.4 Å². The highest BCUT2D eigenvalue weighted by molar-refractivity contribution is 6.30. The molecular weight excluding hydrogens is 285 g/mol. The maximum Gasteiger partial charge on any atom is 0.337 e. The Labute approximate surface area is 119 Å². The number of nitrogen functional groups attached to an aromatic ring is 1. The second-order valence-electron chi connectivity index (χ2n) is 4.08. The van der Waals surface area contributed by atoms with Gasteiger partial charge >= 0.3 is 5.97 Å². The van der Waals surface area contributed by atoms with Gasteiger partial charge in [-0.15, -0.1) is 0 Å². The Kier molecular flexibility index (Phi) is 4.10. The third-order valence-electron chi connectivity index (χ3n) is 2.66. The molecule has 6 heteroatoms. The summed E-state index contributed by atoms with van der Waals surface area (Å²) in [6.07, 6.45) is 0. The quantitative estimate of drug-likeness (QED) is 0.849. The molecule has 4 nitrogen and oxygen atoms in total. The van der Waals surface area contributed by atoms with E-state index in [0.29, 0.717) is 5.02 Å². The van der Waals surface area contributed by atoms with Crippen LogP contribution in [0.3, 0.4) is 0 Å². The third-order valence-corrected chi connectivity index (χ3v) is 2.89. The molecular formula is C14H11ClFNO3. The highest BCUT2D eigenvalue weighted by atomic mass is 35.5. The second kappa shape index (κ2) is 5.79. The minimum atomic E-state index is -1.15. The van der Waals surface area contributed by atoms with Crippen molar-refractivity contribution in [3.05, 3.63) is 58.4 Å². The number of carboxylic acids is 1. The van der Waals surface area contributed by atoms with Crippen LogP contribution in [-0.2, 0) is 6.61 Å². The van der Waals surface area contributed by atoms with Crippen molar-refractivity contribution in [3.8, 4) is 5.75 Å². The van der Waals surface area contributed by atoms with Gasteiger partial charge in [0.05, 0.1) is 5.56 Å². The molecule has 3 N–H and O–H groups in total. The molecule has 0 aromatic heterocycles. The van der Waals surface area contributed by atoms with E-state index in [9.17, 15) is 9.18 Å². The molecule has 0 saturated carbocycles. The summed E-state index contributed by atoms with van der Waals surface area (Å²) < 4.78 is 18.8. The van der Waals surface area contributed by atoms with Crippen LogP contribution in [0.1, 0.15) is 15.9 Å². The zero-order chi connectivity index (χ0) is 14.7. The number of carboxylic acid groups (broad SMARTS) is 1. The Morgan fingerprint density at radius 3 is 2.75 bits per heavy atom. The third kappa shape index (κ3) is 3.19. The second-order valence-corrected chi connectivity index (χ2v) is 4.52. The van der Waals surface area contributed by atoms with Crippen molar-refractivity contribution in [1.82, 2.24) is 0 Å². The highest BCUT2D eigenvalue weighted by Gasteiger charge is 2.10. The minimum Gasteiger partial charge on any atom is -0.489 e. The fourth-order valence-corrected chi connectivity index (χ4v) is 1.82. The summed E-state index contributed by atoms with van der Waals surface area (Å²) in [5, 5.41) is 9.34. The van der Waals surface area contributed by atoms with Crippen molar-refractivity contribution < 1.29 is 19.0 Å². The first kappa shape index (κ1) is 14.1. The molecule has 0 aliphatic carbocycles. The molecule has 0 atom stereocenters. The van der Waals surface area contributed by atoms with Crippen LogP contribution in [0.2, 0.25) is 5.02 Å². The van der Waals surface area contributed by atoms with E-state index >= 15 is 0 Å². The first-order valence-electron chi connectivity index (χ1n) is 5.67. The zero-order valence-corrected chi connectivity index (χ0v) is 11.0. The molecule has 2 aromatic carbocycles. The van der Waals surface area contributed by atoms with Crippen molar-refractivity contribution in [2.45, 2.75) is 6.61 Å². The number of nitrogens with two attached hydrogens (primary N) is 1. The number of carbonyl (C=O) groups is 1. The van der Waals surface area contributed by atoms with Crippen LogP contribution in [0.4, 0.5) is 10.1 Å². The van der Waals surface area contributed by atoms with Gasteiger partial charge in [0.25, 0.3) is 0 Å². The SMILES string of the molecule is Nc1ccc(OCc2cc(Cl)ccc2F)cc1C(=O)O. The zero-order valence-electron chi connectivity index (χ0n) is 10.3. The van der Waals surface area contributed by atoms with Gasteiger partial charge < -0.3 is 15.6 Å². The smallest absolute Gasteiger partial charge is 0.337 e. The summed E-state index contributed by atoms with van der Waals surface area (Å²) in [5.74, 6) is -1.30. The van der Waals surface area contributed by atoms with E-state index in [-0.39, 0.29) is 29.2 Å². The number of anilines is 1. The number of rotatable bonds is 4. The van der Waals surface area contributed by atoms with E-state index in [0.717, 1.165) is 0 Å². The molecule has 104 valence electrons. The largest absolute Gasteiger partial charge is 0.489 e. The summed E-state index contributed by atoms with van der Waals surface area (Å²) in [5.41, 5.74) is 5.89. The van der Waals surface area contributed by atoms with Gasteiger partial charge in [0, 0.05) is 16.3 Å². The molecule has 2 aromatic rings. The van der Waals surface area contributed by atoms with Crippen LogP contribution < -0.4 is 10.5 Å². The number of hydrogen-bond acceptors (Lipinski definition) is 3.